The first-order valence-electron chi connectivity index (χ1n) is 4.79. The van der Waals surface area contributed by atoms with Gasteiger partial charge in [-0.25, -0.2) is 8.42 Å². The molecular weight excluding hydrogens is 220 g/mol. The zero-order chi connectivity index (χ0) is 11.5. The van der Waals surface area contributed by atoms with Gasteiger partial charge in [-0.05, 0) is 6.92 Å². The molecule has 0 atom stereocenters. The molecule has 0 aromatic heterocycles. The van der Waals surface area contributed by atoms with Gasteiger partial charge in [-0.2, -0.15) is 4.31 Å². The van der Waals surface area contributed by atoms with Gasteiger partial charge in [-0.1, -0.05) is 0 Å². The summed E-state index contributed by atoms with van der Waals surface area (Å²) < 4.78 is 29.1. The lowest BCUT2D eigenvalue weighted by atomic mass is 10.2. The number of nitrogens with one attached hydrogen (secondary N) is 1. The van der Waals surface area contributed by atoms with Crippen molar-refractivity contribution < 1.29 is 17.9 Å². The van der Waals surface area contributed by atoms with Crippen LogP contribution in [0, 0.1) is 0 Å². The molecule has 6 nitrogen and oxygen atoms in total. The number of esters is 1. The Kier molecular flexibility index (Phi) is 4.06. The van der Waals surface area contributed by atoms with Crippen LogP contribution in [-0.2, 0) is 19.6 Å². The number of rotatable bonds is 5. The summed E-state index contributed by atoms with van der Waals surface area (Å²) in [6.07, 6.45) is 0. The molecule has 0 spiro atoms. The number of carbonyl (C=O) groups excluding carboxylic acids is 1. The lowest BCUT2D eigenvalue weighted by Crippen LogP contribution is -2.58. The highest BCUT2D eigenvalue weighted by Gasteiger charge is 2.32. The van der Waals surface area contributed by atoms with Gasteiger partial charge in [0.05, 0.1) is 6.61 Å². The molecule has 15 heavy (non-hydrogen) atoms. The minimum atomic E-state index is -3.52. The Bertz CT molecular complexity index is 324. The van der Waals surface area contributed by atoms with E-state index in [1.807, 2.05) is 0 Å². The molecule has 1 heterocycles. The second-order valence-electron chi connectivity index (χ2n) is 3.39. The van der Waals surface area contributed by atoms with Crippen molar-refractivity contribution >= 4 is 16.0 Å². The van der Waals surface area contributed by atoms with E-state index in [2.05, 4.69) is 10.1 Å². The molecular formula is C8H16N2O4S. The summed E-state index contributed by atoms with van der Waals surface area (Å²) in [5.41, 5.74) is 0. The van der Waals surface area contributed by atoms with Crippen LogP contribution in [0.4, 0.5) is 0 Å². The number of sulfonamides is 1. The smallest absolute Gasteiger partial charge is 0.322 e. The molecule has 0 unspecified atom stereocenters. The van der Waals surface area contributed by atoms with Crippen LogP contribution >= 0.6 is 0 Å². The van der Waals surface area contributed by atoms with Crippen LogP contribution in [0.2, 0.25) is 0 Å². The van der Waals surface area contributed by atoms with Crippen LogP contribution in [0.25, 0.3) is 0 Å². The third-order valence-electron chi connectivity index (χ3n) is 2.32. The third kappa shape index (κ3) is 3.15. The molecule has 0 bridgehead atoms. The van der Waals surface area contributed by atoms with Crippen molar-refractivity contribution in [2.24, 2.45) is 0 Å². The number of hydrogen-bond donors (Lipinski definition) is 1. The second-order valence-corrected chi connectivity index (χ2v) is 5.42. The molecule has 1 aliphatic rings. The Hall–Kier alpha value is -0.660. The maximum Gasteiger partial charge on any atom is 0.322 e. The monoisotopic (exact) mass is 236 g/mol. The Morgan fingerprint density at radius 3 is 2.53 bits per heavy atom. The van der Waals surface area contributed by atoms with Gasteiger partial charge in [0.15, 0.2) is 5.75 Å². The van der Waals surface area contributed by atoms with Crippen molar-refractivity contribution in [3.05, 3.63) is 0 Å². The van der Waals surface area contributed by atoms with Crippen LogP contribution in [-0.4, -0.2) is 57.2 Å². The molecule has 0 aromatic carbocycles. The van der Waals surface area contributed by atoms with Gasteiger partial charge in [0.25, 0.3) is 0 Å². The Labute approximate surface area is 89.6 Å². The summed E-state index contributed by atoms with van der Waals surface area (Å²) in [6, 6.07) is -0.0376. The average molecular weight is 236 g/mol. The molecule has 1 N–H and O–H groups in total. The van der Waals surface area contributed by atoms with Gasteiger partial charge < -0.3 is 10.1 Å². The fourth-order valence-corrected chi connectivity index (χ4v) is 2.40. The number of hydrogen-bond acceptors (Lipinski definition) is 5. The van der Waals surface area contributed by atoms with Gasteiger partial charge in [-0.15, -0.1) is 0 Å². The van der Waals surface area contributed by atoms with Gasteiger partial charge in [0.1, 0.15) is 0 Å². The first-order valence-corrected chi connectivity index (χ1v) is 6.40. The van der Waals surface area contributed by atoms with E-state index in [0.717, 1.165) is 0 Å². The molecule has 0 radical (unpaired) electrons. The van der Waals surface area contributed by atoms with Crippen LogP contribution in [0.3, 0.4) is 0 Å². The Morgan fingerprint density at radius 2 is 2.13 bits per heavy atom. The molecule has 0 aromatic rings. The molecule has 1 saturated heterocycles. The Balaban J connectivity index is 2.53. The maximum atomic E-state index is 11.6. The summed E-state index contributed by atoms with van der Waals surface area (Å²) in [7, 11) is -2.04. The summed E-state index contributed by atoms with van der Waals surface area (Å²) in [5, 5.41) is 2.97. The highest BCUT2D eigenvalue weighted by molar-refractivity contribution is 7.89. The van der Waals surface area contributed by atoms with Gasteiger partial charge in [-0.3, -0.25) is 4.79 Å². The van der Waals surface area contributed by atoms with Crippen molar-refractivity contribution in [3.63, 3.8) is 0 Å². The first-order chi connectivity index (χ1) is 6.97. The van der Waals surface area contributed by atoms with Gasteiger partial charge in [0, 0.05) is 26.2 Å². The van der Waals surface area contributed by atoms with Crippen LogP contribution in [0.5, 0.6) is 0 Å². The van der Waals surface area contributed by atoms with E-state index < -0.39 is 21.7 Å². The normalized spacial score (nSPS) is 17.5. The molecule has 88 valence electrons. The SMILES string of the molecule is CCOC(=O)CS(=O)(=O)N(C)C1CNC1. The molecule has 0 saturated carbocycles. The minimum absolute atomic E-state index is 0.0376. The fraction of sp³-hybridized carbons (Fsp3) is 0.875. The third-order valence-corrected chi connectivity index (χ3v) is 4.09. The molecule has 0 amide bonds. The molecule has 1 fully saturated rings. The molecule has 1 rings (SSSR count). The molecule has 1 aliphatic heterocycles. The number of ether oxygens (including phenoxy) is 1. The van der Waals surface area contributed by atoms with E-state index in [0.29, 0.717) is 13.1 Å². The summed E-state index contributed by atoms with van der Waals surface area (Å²) in [4.78, 5) is 11.0. The summed E-state index contributed by atoms with van der Waals surface area (Å²) >= 11 is 0. The van der Waals surface area contributed by atoms with Gasteiger partial charge >= 0.3 is 5.97 Å². The second kappa shape index (κ2) is 4.91. The minimum Gasteiger partial charge on any atom is -0.465 e. The van der Waals surface area contributed by atoms with Crippen molar-refractivity contribution in [3.8, 4) is 0 Å². The zero-order valence-corrected chi connectivity index (χ0v) is 9.71. The highest BCUT2D eigenvalue weighted by atomic mass is 32.2. The lowest BCUT2D eigenvalue weighted by molar-refractivity contribution is -0.140. The van der Waals surface area contributed by atoms with Crippen molar-refractivity contribution in [2.75, 3.05) is 32.5 Å². The fourth-order valence-electron chi connectivity index (χ4n) is 1.21. The van der Waals surface area contributed by atoms with Gasteiger partial charge in [0.2, 0.25) is 10.0 Å². The molecule has 7 heteroatoms. The highest BCUT2D eigenvalue weighted by Crippen LogP contribution is 2.08. The van der Waals surface area contributed by atoms with E-state index in [4.69, 9.17) is 0 Å². The number of nitrogens with zero attached hydrogens (tertiary/aromatic N) is 1. The topological polar surface area (TPSA) is 75.7 Å². The van der Waals surface area contributed by atoms with E-state index in [1.165, 1.54) is 11.4 Å². The Morgan fingerprint density at radius 1 is 1.53 bits per heavy atom. The van der Waals surface area contributed by atoms with E-state index in [9.17, 15) is 13.2 Å². The van der Waals surface area contributed by atoms with Crippen molar-refractivity contribution in [1.82, 2.24) is 9.62 Å². The number of likely N-dealkylation sites (N-methyl/N-ethyl adjacent to an activating group) is 1. The predicted octanol–water partition coefficient (Wildman–Crippen LogP) is -1.22. The van der Waals surface area contributed by atoms with Crippen molar-refractivity contribution in [2.45, 2.75) is 13.0 Å². The van der Waals surface area contributed by atoms with Crippen molar-refractivity contribution in [1.29, 1.82) is 0 Å². The molecule has 0 aliphatic carbocycles. The predicted molar refractivity (Wildman–Crippen MR) is 54.8 cm³/mol. The van der Waals surface area contributed by atoms with Crippen LogP contribution < -0.4 is 5.32 Å². The maximum absolute atomic E-state index is 11.6. The van der Waals surface area contributed by atoms with E-state index >= 15 is 0 Å². The van der Waals surface area contributed by atoms with Crippen LogP contribution in [0.15, 0.2) is 0 Å². The van der Waals surface area contributed by atoms with E-state index in [1.54, 1.807) is 6.92 Å². The summed E-state index contributed by atoms with van der Waals surface area (Å²) in [5.74, 6) is -1.27. The largest absolute Gasteiger partial charge is 0.465 e. The quantitative estimate of drug-likeness (QED) is 0.606. The first kappa shape index (κ1) is 12.4. The number of carbonyl (C=O) groups is 1. The summed E-state index contributed by atoms with van der Waals surface area (Å²) in [6.45, 7) is 3.12. The lowest BCUT2D eigenvalue weighted by Gasteiger charge is -2.34. The average Bonchev–Trinajstić information content (AvgIpc) is 1.99. The zero-order valence-electron chi connectivity index (χ0n) is 8.89. The van der Waals surface area contributed by atoms with E-state index in [-0.39, 0.29) is 12.6 Å². The van der Waals surface area contributed by atoms with Crippen LogP contribution in [0.1, 0.15) is 6.92 Å². The standard InChI is InChI=1S/C8H16N2O4S/c1-3-14-8(11)6-15(12,13)10(2)7-4-9-5-7/h7,9H,3-6H2,1-2H3.